The summed E-state index contributed by atoms with van der Waals surface area (Å²) in [6.45, 7) is 17.9. The first kappa shape index (κ1) is 34.7. The van der Waals surface area contributed by atoms with Crippen LogP contribution in [-0.4, -0.2) is 30.2 Å². The minimum absolute atomic E-state index is 0.0638. The number of rotatable bonds is 8. The molecule has 0 radical (unpaired) electrons. The van der Waals surface area contributed by atoms with Gasteiger partial charge >= 0.3 is 264 Å². The average Bonchev–Trinajstić information content (AvgIpc) is 3.08. The molecule has 0 saturated carbocycles. The van der Waals surface area contributed by atoms with Crippen molar-refractivity contribution in [3.8, 4) is 34.0 Å². The monoisotopic (exact) mass is 752 g/mol. The van der Waals surface area contributed by atoms with E-state index in [4.69, 9.17) is 14.7 Å². The molecule has 0 spiro atoms. The van der Waals surface area contributed by atoms with E-state index in [0.717, 1.165) is 34.0 Å². The fraction of sp³-hybridized carbons (Fsp3) is 0.244. The summed E-state index contributed by atoms with van der Waals surface area (Å²) in [6.07, 6.45) is 3.90. The molecule has 4 aromatic carbocycles. The fourth-order valence-corrected chi connectivity index (χ4v) is 12.5. The molecule has 0 aliphatic rings. The number of aromatic nitrogens is 2. The second-order valence-electron chi connectivity index (χ2n) is 15.1. The topological polar surface area (TPSA) is 35.0 Å². The molecule has 0 bridgehead atoms. The van der Waals surface area contributed by atoms with E-state index in [1.165, 1.54) is 27.2 Å². The molecule has 2 aromatic heterocycles. The summed E-state index contributed by atoms with van der Waals surface area (Å²) in [6, 6.07) is 44.0. The van der Waals surface area contributed by atoms with Crippen LogP contribution < -0.4 is 15.3 Å². The third kappa shape index (κ3) is 8.34. The zero-order chi connectivity index (χ0) is 34.8. The summed E-state index contributed by atoms with van der Waals surface area (Å²) in [5, 5.41) is 0. The summed E-state index contributed by atoms with van der Waals surface area (Å²) in [7, 11) is 0. The zero-order valence-electron chi connectivity index (χ0n) is 30.0. The molecule has 0 amide bonds. The van der Waals surface area contributed by atoms with Gasteiger partial charge in [0, 0.05) is 6.20 Å². The van der Waals surface area contributed by atoms with Crippen LogP contribution in [0.4, 0.5) is 0 Å². The predicted octanol–water partition coefficient (Wildman–Crippen LogP) is 9.84. The number of hydrogen-bond acceptors (Lipinski definition) is 3. The van der Waals surface area contributed by atoms with Crippen molar-refractivity contribution in [3.63, 3.8) is 0 Å². The van der Waals surface area contributed by atoms with Crippen molar-refractivity contribution in [2.24, 2.45) is 0 Å². The Morgan fingerprint density at radius 1 is 0.510 bits per heavy atom. The van der Waals surface area contributed by atoms with Crippen LogP contribution in [0.5, 0.6) is 11.5 Å². The number of hydrogen-bond donors (Lipinski definition) is 0. The van der Waals surface area contributed by atoms with E-state index in [2.05, 4.69) is 177 Å². The molecule has 0 N–H and O–H groups in total. The molecule has 2 heterocycles. The van der Waals surface area contributed by atoms with Crippen LogP contribution in [0.15, 0.2) is 134 Å². The van der Waals surface area contributed by atoms with E-state index in [-0.39, 0.29) is 10.8 Å². The summed E-state index contributed by atoms with van der Waals surface area (Å²) < 4.78 is 11.1. The zero-order valence-corrected chi connectivity index (χ0v) is 32.6. The number of benzene rings is 4. The van der Waals surface area contributed by atoms with Gasteiger partial charge in [0.25, 0.3) is 0 Å². The first-order valence-corrected chi connectivity index (χ1v) is 21.0. The van der Waals surface area contributed by atoms with Crippen LogP contribution in [0.2, 0.25) is 0 Å². The number of ether oxygens (including phenoxy) is 1. The van der Waals surface area contributed by atoms with E-state index < -0.39 is 20.2 Å². The molecule has 0 unspecified atom stereocenters. The molecular weight excluding hydrogens is 706 g/mol. The number of nitrogens with zero attached hydrogens (tertiary/aromatic N) is 2. The van der Waals surface area contributed by atoms with Crippen molar-refractivity contribution in [2.45, 2.75) is 72.1 Å². The van der Waals surface area contributed by atoms with Gasteiger partial charge in [0.1, 0.15) is 0 Å². The fourth-order valence-electron chi connectivity index (χ4n) is 5.90. The minimum atomic E-state index is -2.30. The Bertz CT molecular complexity index is 2000. The van der Waals surface area contributed by atoms with E-state index in [1.807, 2.05) is 12.4 Å². The van der Waals surface area contributed by atoms with Gasteiger partial charge in [-0.15, -0.1) is 0 Å². The molecule has 4 heteroatoms. The van der Waals surface area contributed by atoms with E-state index in [0.29, 0.717) is 5.92 Å². The summed E-state index contributed by atoms with van der Waals surface area (Å²) >= 11 is -2.30. The molecule has 0 saturated heterocycles. The van der Waals surface area contributed by atoms with Crippen LogP contribution in [0.25, 0.3) is 22.5 Å². The predicted molar refractivity (Wildman–Crippen MR) is 208 cm³/mol. The Hall–Kier alpha value is -4.20. The van der Waals surface area contributed by atoms with Crippen LogP contribution >= 0.6 is 0 Å². The van der Waals surface area contributed by atoms with Crippen LogP contribution in [0.3, 0.4) is 0 Å². The van der Waals surface area contributed by atoms with Gasteiger partial charge in [-0.2, -0.15) is 0 Å². The SMILES string of the molecule is CC(C)c1ccnc(-c2cc(Oc3cc(-c4c[c]([Sb]([c]5ccccc5)[c]5ccccc5)ccn4)cc(C(C)(C)C)c3)cc(C(C)(C)C)c2)c1. The Morgan fingerprint density at radius 3 is 1.45 bits per heavy atom. The Labute approximate surface area is 300 Å². The van der Waals surface area contributed by atoms with Crippen molar-refractivity contribution >= 4 is 30.7 Å². The molecule has 6 rings (SSSR count). The third-order valence-corrected chi connectivity index (χ3v) is 15.8. The van der Waals surface area contributed by atoms with Crippen LogP contribution in [0, 0.1) is 0 Å². The van der Waals surface area contributed by atoms with Gasteiger partial charge < -0.3 is 0 Å². The van der Waals surface area contributed by atoms with Crippen LogP contribution in [-0.2, 0) is 10.8 Å². The summed E-state index contributed by atoms with van der Waals surface area (Å²) in [5.74, 6) is 2.04. The standard InChI is InChI=1S/C33H37N2O.2C6H5.Sb/c1-22(2)23-12-14-35-31(19-23)25-16-27(33(6,7)8)21-29(18-25)36-28-17-24(30-11-9-10-13-34-30)15-26(20-28)32(3,4)5;2*1-2-4-6-5-3-1;/h10-22H,1-8H3;2*1-5H;. The molecule has 49 heavy (non-hydrogen) atoms. The van der Waals surface area contributed by atoms with Crippen LogP contribution in [0.1, 0.15) is 78.0 Å². The van der Waals surface area contributed by atoms with Gasteiger partial charge in [0.2, 0.25) is 0 Å². The van der Waals surface area contributed by atoms with Gasteiger partial charge in [-0.3, -0.25) is 0 Å². The van der Waals surface area contributed by atoms with Crippen molar-refractivity contribution in [1.82, 2.24) is 9.97 Å². The average molecular weight is 754 g/mol. The second-order valence-corrected chi connectivity index (χ2v) is 21.5. The first-order valence-electron chi connectivity index (χ1n) is 17.2. The quantitative estimate of drug-likeness (QED) is 0.145. The van der Waals surface area contributed by atoms with Crippen molar-refractivity contribution < 1.29 is 4.74 Å². The molecule has 0 fully saturated rings. The van der Waals surface area contributed by atoms with E-state index in [9.17, 15) is 0 Å². The normalized spacial score (nSPS) is 12.0. The molecule has 3 nitrogen and oxygen atoms in total. The van der Waals surface area contributed by atoms with Gasteiger partial charge in [-0.1, -0.05) is 13.8 Å². The van der Waals surface area contributed by atoms with E-state index in [1.54, 1.807) is 0 Å². The Balaban J connectivity index is 1.44. The Kier molecular flexibility index (Phi) is 10.1. The maximum absolute atomic E-state index is 6.82. The summed E-state index contributed by atoms with van der Waals surface area (Å²) in [4.78, 5) is 9.71. The summed E-state index contributed by atoms with van der Waals surface area (Å²) in [5.41, 5.74) is 7.59. The molecule has 0 atom stereocenters. The van der Waals surface area contributed by atoms with Gasteiger partial charge in [0.15, 0.2) is 0 Å². The van der Waals surface area contributed by atoms with E-state index >= 15 is 0 Å². The second kappa shape index (κ2) is 14.3. The van der Waals surface area contributed by atoms with Crippen molar-refractivity contribution in [2.75, 3.05) is 0 Å². The third-order valence-electron chi connectivity index (χ3n) is 8.85. The van der Waals surface area contributed by atoms with Crippen molar-refractivity contribution in [1.29, 1.82) is 0 Å². The van der Waals surface area contributed by atoms with Crippen molar-refractivity contribution in [3.05, 3.63) is 150 Å². The number of pyridine rings is 2. The van der Waals surface area contributed by atoms with Gasteiger partial charge in [-0.25, -0.2) is 0 Å². The van der Waals surface area contributed by atoms with Gasteiger partial charge in [0.05, 0.1) is 0 Å². The first-order chi connectivity index (χ1) is 23.3. The van der Waals surface area contributed by atoms with Gasteiger partial charge in [-0.05, 0) is 17.5 Å². The molecule has 6 aromatic rings. The Morgan fingerprint density at radius 2 is 0.980 bits per heavy atom. The molecule has 0 aliphatic heterocycles. The molecule has 248 valence electrons. The maximum atomic E-state index is 6.82. The molecule has 0 aliphatic carbocycles. The molecular formula is C45H47N2OSb.